The Hall–Kier alpha value is -0.610. The highest BCUT2D eigenvalue weighted by molar-refractivity contribution is 5.77. The van der Waals surface area contributed by atoms with Gasteiger partial charge < -0.3 is 15.7 Å². The molecule has 1 aliphatic carbocycles. The third-order valence-electron chi connectivity index (χ3n) is 2.60. The van der Waals surface area contributed by atoms with E-state index >= 15 is 0 Å². The highest BCUT2D eigenvalue weighted by Gasteiger charge is 2.43. The Kier molecular flexibility index (Phi) is 3.89. The second-order valence-corrected chi connectivity index (χ2v) is 4.15. The van der Waals surface area contributed by atoms with Gasteiger partial charge in [0.25, 0.3) is 0 Å². The van der Waals surface area contributed by atoms with Gasteiger partial charge in [-0.2, -0.15) is 0 Å². The van der Waals surface area contributed by atoms with Crippen molar-refractivity contribution in [1.82, 2.24) is 10.6 Å². The standard InChI is InChI=1S/C10H20N2O2/c1-3-11-8(2)6-9(14)12-10(7-13)4-5-10/h8,11,13H,3-7H2,1-2H3,(H,12,14). The van der Waals surface area contributed by atoms with Gasteiger partial charge in [0.15, 0.2) is 0 Å². The molecular weight excluding hydrogens is 180 g/mol. The summed E-state index contributed by atoms with van der Waals surface area (Å²) in [5.74, 6) is 0.0324. The molecule has 0 aliphatic heterocycles. The Balaban J connectivity index is 2.22. The van der Waals surface area contributed by atoms with Crippen LogP contribution in [0.2, 0.25) is 0 Å². The van der Waals surface area contributed by atoms with Crippen LogP contribution in [0.15, 0.2) is 0 Å². The van der Waals surface area contributed by atoms with Crippen LogP contribution in [0, 0.1) is 0 Å². The van der Waals surface area contributed by atoms with Crippen LogP contribution in [-0.2, 0) is 4.79 Å². The third kappa shape index (κ3) is 3.27. The number of amides is 1. The fraction of sp³-hybridized carbons (Fsp3) is 0.900. The van der Waals surface area contributed by atoms with Crippen LogP contribution >= 0.6 is 0 Å². The smallest absolute Gasteiger partial charge is 0.222 e. The van der Waals surface area contributed by atoms with Crippen LogP contribution in [-0.4, -0.2) is 35.7 Å². The van der Waals surface area contributed by atoms with Gasteiger partial charge in [0.05, 0.1) is 12.1 Å². The van der Waals surface area contributed by atoms with Gasteiger partial charge in [-0.3, -0.25) is 4.79 Å². The number of aliphatic hydroxyl groups excluding tert-OH is 1. The van der Waals surface area contributed by atoms with Crippen molar-refractivity contribution in [2.45, 2.75) is 44.7 Å². The molecule has 1 amide bonds. The lowest BCUT2D eigenvalue weighted by Gasteiger charge is -2.17. The molecule has 0 radical (unpaired) electrons. The number of aliphatic hydroxyl groups is 1. The van der Waals surface area contributed by atoms with Gasteiger partial charge in [-0.25, -0.2) is 0 Å². The number of hydrogen-bond acceptors (Lipinski definition) is 3. The van der Waals surface area contributed by atoms with E-state index in [1.165, 1.54) is 0 Å². The van der Waals surface area contributed by atoms with Gasteiger partial charge in [0.1, 0.15) is 0 Å². The summed E-state index contributed by atoms with van der Waals surface area (Å²) in [7, 11) is 0. The summed E-state index contributed by atoms with van der Waals surface area (Å²) in [6, 6.07) is 0.203. The van der Waals surface area contributed by atoms with Crippen molar-refractivity contribution in [2.75, 3.05) is 13.2 Å². The highest BCUT2D eigenvalue weighted by Crippen LogP contribution is 2.34. The van der Waals surface area contributed by atoms with Crippen molar-refractivity contribution < 1.29 is 9.90 Å². The third-order valence-corrected chi connectivity index (χ3v) is 2.60. The number of carbonyl (C=O) groups is 1. The molecule has 1 fully saturated rings. The SMILES string of the molecule is CCNC(C)CC(=O)NC1(CO)CC1. The molecule has 4 heteroatoms. The molecule has 1 saturated carbocycles. The first kappa shape index (κ1) is 11.5. The highest BCUT2D eigenvalue weighted by atomic mass is 16.3. The van der Waals surface area contributed by atoms with Gasteiger partial charge in [0, 0.05) is 12.5 Å². The molecule has 0 heterocycles. The van der Waals surface area contributed by atoms with Crippen LogP contribution in [0.5, 0.6) is 0 Å². The zero-order valence-corrected chi connectivity index (χ0v) is 8.97. The fourth-order valence-electron chi connectivity index (χ4n) is 1.52. The number of hydrogen-bond donors (Lipinski definition) is 3. The summed E-state index contributed by atoms with van der Waals surface area (Å²) in [6.45, 7) is 4.94. The van der Waals surface area contributed by atoms with E-state index in [2.05, 4.69) is 10.6 Å². The zero-order chi connectivity index (χ0) is 10.6. The van der Waals surface area contributed by atoms with E-state index in [-0.39, 0.29) is 24.1 Å². The molecule has 14 heavy (non-hydrogen) atoms. The first-order valence-electron chi connectivity index (χ1n) is 5.27. The molecule has 3 N–H and O–H groups in total. The number of nitrogens with one attached hydrogen (secondary N) is 2. The minimum atomic E-state index is -0.275. The molecule has 4 nitrogen and oxygen atoms in total. The van der Waals surface area contributed by atoms with Gasteiger partial charge >= 0.3 is 0 Å². The first-order chi connectivity index (χ1) is 6.62. The zero-order valence-electron chi connectivity index (χ0n) is 8.97. The van der Waals surface area contributed by atoms with E-state index in [4.69, 9.17) is 5.11 Å². The molecule has 1 aliphatic rings. The second kappa shape index (κ2) is 4.75. The summed E-state index contributed by atoms with van der Waals surface area (Å²) in [6.07, 6.45) is 2.30. The lowest BCUT2D eigenvalue weighted by Crippen LogP contribution is -2.42. The largest absolute Gasteiger partial charge is 0.394 e. The Morgan fingerprint density at radius 2 is 2.21 bits per heavy atom. The lowest BCUT2D eigenvalue weighted by atomic mass is 10.2. The Bertz CT molecular complexity index is 202. The van der Waals surface area contributed by atoms with Gasteiger partial charge in [-0.15, -0.1) is 0 Å². The topological polar surface area (TPSA) is 61.4 Å². The maximum atomic E-state index is 11.5. The molecule has 1 unspecified atom stereocenters. The molecule has 0 saturated heterocycles. The van der Waals surface area contributed by atoms with E-state index in [1.807, 2.05) is 13.8 Å². The van der Waals surface area contributed by atoms with E-state index in [1.54, 1.807) is 0 Å². The molecule has 0 aromatic rings. The normalized spacial score (nSPS) is 20.2. The average molecular weight is 200 g/mol. The summed E-state index contributed by atoms with van der Waals surface area (Å²) in [5, 5.41) is 15.1. The van der Waals surface area contributed by atoms with Crippen molar-refractivity contribution in [3.63, 3.8) is 0 Å². The number of carbonyl (C=O) groups excluding carboxylic acids is 1. The first-order valence-corrected chi connectivity index (χ1v) is 5.27. The van der Waals surface area contributed by atoms with Crippen molar-refractivity contribution in [2.24, 2.45) is 0 Å². The minimum Gasteiger partial charge on any atom is -0.394 e. The lowest BCUT2D eigenvalue weighted by molar-refractivity contribution is -0.122. The van der Waals surface area contributed by atoms with Crippen molar-refractivity contribution in [1.29, 1.82) is 0 Å². The molecular formula is C10H20N2O2. The fourth-order valence-corrected chi connectivity index (χ4v) is 1.52. The minimum absolute atomic E-state index is 0.0324. The van der Waals surface area contributed by atoms with Gasteiger partial charge in [-0.05, 0) is 26.3 Å². The summed E-state index contributed by atoms with van der Waals surface area (Å²) < 4.78 is 0. The van der Waals surface area contributed by atoms with Crippen LogP contribution in [0.4, 0.5) is 0 Å². The van der Waals surface area contributed by atoms with Gasteiger partial charge in [0.2, 0.25) is 5.91 Å². The van der Waals surface area contributed by atoms with E-state index < -0.39 is 0 Å². The molecule has 0 aromatic carbocycles. The van der Waals surface area contributed by atoms with Crippen molar-refractivity contribution in [3.05, 3.63) is 0 Å². The average Bonchev–Trinajstić information content (AvgIpc) is 2.85. The van der Waals surface area contributed by atoms with Crippen LogP contribution in [0.1, 0.15) is 33.1 Å². The predicted molar refractivity (Wildman–Crippen MR) is 54.9 cm³/mol. The molecule has 82 valence electrons. The molecule has 1 rings (SSSR count). The van der Waals surface area contributed by atoms with E-state index in [0.717, 1.165) is 19.4 Å². The number of rotatable bonds is 6. The molecule has 0 aromatic heterocycles. The summed E-state index contributed by atoms with van der Waals surface area (Å²) in [4.78, 5) is 11.5. The van der Waals surface area contributed by atoms with Gasteiger partial charge in [-0.1, -0.05) is 6.92 Å². The summed E-state index contributed by atoms with van der Waals surface area (Å²) in [5.41, 5.74) is -0.275. The molecule has 0 bridgehead atoms. The van der Waals surface area contributed by atoms with Crippen LogP contribution in [0.25, 0.3) is 0 Å². The monoisotopic (exact) mass is 200 g/mol. The Labute approximate surface area is 85.1 Å². The van der Waals surface area contributed by atoms with Crippen molar-refractivity contribution >= 4 is 5.91 Å². The van der Waals surface area contributed by atoms with E-state index in [0.29, 0.717) is 6.42 Å². The molecule has 1 atom stereocenters. The molecule has 0 spiro atoms. The maximum absolute atomic E-state index is 11.5. The van der Waals surface area contributed by atoms with Crippen molar-refractivity contribution in [3.8, 4) is 0 Å². The second-order valence-electron chi connectivity index (χ2n) is 4.15. The maximum Gasteiger partial charge on any atom is 0.222 e. The Morgan fingerprint density at radius 3 is 2.64 bits per heavy atom. The Morgan fingerprint density at radius 1 is 1.57 bits per heavy atom. The quantitative estimate of drug-likeness (QED) is 0.566. The van der Waals surface area contributed by atoms with E-state index in [9.17, 15) is 4.79 Å². The summed E-state index contributed by atoms with van der Waals surface area (Å²) >= 11 is 0. The van der Waals surface area contributed by atoms with Crippen LogP contribution < -0.4 is 10.6 Å². The van der Waals surface area contributed by atoms with Crippen LogP contribution in [0.3, 0.4) is 0 Å². The predicted octanol–water partition coefficient (Wildman–Crippen LogP) is 0.0156.